The summed E-state index contributed by atoms with van der Waals surface area (Å²) in [4.78, 5) is 23.8. The maximum absolute atomic E-state index is 13.8. The van der Waals surface area contributed by atoms with Gasteiger partial charge in [-0.15, -0.1) is 0 Å². The third-order valence-electron chi connectivity index (χ3n) is 2.44. The second-order valence-corrected chi connectivity index (χ2v) is 4.96. The summed E-state index contributed by atoms with van der Waals surface area (Å²) in [5, 5.41) is 0. The van der Waals surface area contributed by atoms with Crippen molar-refractivity contribution >= 4 is 12.1 Å². The molecule has 17 heavy (non-hydrogen) atoms. The van der Waals surface area contributed by atoms with E-state index in [2.05, 4.69) is 4.74 Å². The summed E-state index contributed by atoms with van der Waals surface area (Å²) in [5.41, 5.74) is -0.680. The van der Waals surface area contributed by atoms with Gasteiger partial charge in [-0.3, -0.25) is 9.69 Å². The smallest absolute Gasteiger partial charge is 0.412 e. The Bertz CT molecular complexity index is 313. The van der Waals surface area contributed by atoms with E-state index in [-0.39, 0.29) is 13.0 Å². The molecule has 98 valence electrons. The molecule has 0 aliphatic carbocycles. The minimum Gasteiger partial charge on any atom is -0.469 e. The lowest BCUT2D eigenvalue weighted by Crippen LogP contribution is -2.40. The van der Waals surface area contributed by atoms with Crippen molar-refractivity contribution in [3.63, 3.8) is 0 Å². The molecule has 1 aliphatic heterocycles. The normalized spacial score (nSPS) is 24.6. The van der Waals surface area contributed by atoms with E-state index in [1.165, 1.54) is 7.11 Å². The van der Waals surface area contributed by atoms with Crippen molar-refractivity contribution in [3.8, 4) is 0 Å². The first-order chi connectivity index (χ1) is 7.76. The molecule has 1 aliphatic rings. The fourth-order valence-electron chi connectivity index (χ4n) is 1.65. The van der Waals surface area contributed by atoms with Gasteiger partial charge in [-0.2, -0.15) is 0 Å². The zero-order valence-corrected chi connectivity index (χ0v) is 10.5. The van der Waals surface area contributed by atoms with Gasteiger partial charge in [-0.1, -0.05) is 0 Å². The SMILES string of the molecule is COC(=O)[C@@H]1CCN(C(=O)OC(C)(C)C)C1F. The Morgan fingerprint density at radius 1 is 1.35 bits per heavy atom. The van der Waals surface area contributed by atoms with Gasteiger partial charge in [0, 0.05) is 6.54 Å². The summed E-state index contributed by atoms with van der Waals surface area (Å²) in [6.07, 6.45) is -2.15. The number of nitrogens with zero attached hydrogens (tertiary/aromatic N) is 1. The summed E-state index contributed by atoms with van der Waals surface area (Å²) < 4.78 is 23.4. The third kappa shape index (κ3) is 3.31. The van der Waals surface area contributed by atoms with Gasteiger partial charge < -0.3 is 9.47 Å². The van der Waals surface area contributed by atoms with E-state index in [0.717, 1.165) is 4.90 Å². The van der Waals surface area contributed by atoms with Crippen LogP contribution in [0.5, 0.6) is 0 Å². The average molecular weight is 247 g/mol. The summed E-state index contributed by atoms with van der Waals surface area (Å²) in [6, 6.07) is 0. The molecule has 0 spiro atoms. The number of ether oxygens (including phenoxy) is 2. The summed E-state index contributed by atoms with van der Waals surface area (Å²) in [6.45, 7) is 5.26. The molecular weight excluding hydrogens is 229 g/mol. The Balaban J connectivity index is 2.64. The van der Waals surface area contributed by atoms with Gasteiger partial charge in [-0.25, -0.2) is 9.18 Å². The number of hydrogen-bond acceptors (Lipinski definition) is 4. The molecule has 5 nitrogen and oxygen atoms in total. The molecule has 1 heterocycles. The van der Waals surface area contributed by atoms with Crippen LogP contribution in [0.25, 0.3) is 0 Å². The van der Waals surface area contributed by atoms with Crippen LogP contribution < -0.4 is 0 Å². The lowest BCUT2D eigenvalue weighted by molar-refractivity contribution is -0.148. The molecule has 1 amide bonds. The van der Waals surface area contributed by atoms with Crippen molar-refractivity contribution < 1.29 is 23.5 Å². The van der Waals surface area contributed by atoms with Crippen molar-refractivity contribution in [1.82, 2.24) is 4.90 Å². The molecular formula is C11H18FNO4. The first-order valence-electron chi connectivity index (χ1n) is 5.48. The number of hydrogen-bond donors (Lipinski definition) is 0. The molecule has 1 rings (SSSR count). The minimum absolute atomic E-state index is 0.163. The molecule has 0 bridgehead atoms. The van der Waals surface area contributed by atoms with E-state index in [0.29, 0.717) is 0 Å². The number of esters is 1. The quantitative estimate of drug-likeness (QED) is 0.523. The van der Waals surface area contributed by atoms with Crippen molar-refractivity contribution in [2.45, 2.75) is 39.1 Å². The van der Waals surface area contributed by atoms with E-state index in [1.807, 2.05) is 0 Å². The Morgan fingerprint density at radius 3 is 2.41 bits per heavy atom. The number of carbonyl (C=O) groups excluding carboxylic acids is 2. The number of alkyl halides is 1. The van der Waals surface area contributed by atoms with Crippen LogP contribution in [0.3, 0.4) is 0 Å². The molecule has 0 saturated carbocycles. The first-order valence-corrected chi connectivity index (χ1v) is 5.48. The standard InChI is InChI=1S/C11H18FNO4/c1-11(2,3)17-10(15)13-6-5-7(8(13)12)9(14)16-4/h7-8H,5-6H2,1-4H3/t7-,8?/m1/s1. The number of halogens is 1. The monoisotopic (exact) mass is 247 g/mol. The van der Waals surface area contributed by atoms with Crippen molar-refractivity contribution in [3.05, 3.63) is 0 Å². The maximum Gasteiger partial charge on any atom is 0.412 e. The van der Waals surface area contributed by atoms with Crippen LogP contribution in [0, 0.1) is 5.92 Å². The zero-order valence-electron chi connectivity index (χ0n) is 10.5. The molecule has 2 atom stereocenters. The molecule has 0 aromatic heterocycles. The molecule has 0 aromatic carbocycles. The van der Waals surface area contributed by atoms with E-state index in [4.69, 9.17) is 4.74 Å². The predicted octanol–water partition coefficient (Wildman–Crippen LogP) is 1.71. The lowest BCUT2D eigenvalue weighted by atomic mass is 10.1. The van der Waals surface area contributed by atoms with Crippen LogP contribution in [0.2, 0.25) is 0 Å². The van der Waals surface area contributed by atoms with Crippen LogP contribution in [0.15, 0.2) is 0 Å². The van der Waals surface area contributed by atoms with Crippen LogP contribution in [0.1, 0.15) is 27.2 Å². The van der Waals surface area contributed by atoms with Crippen molar-refractivity contribution in [2.75, 3.05) is 13.7 Å². The summed E-state index contributed by atoms with van der Waals surface area (Å²) in [7, 11) is 1.20. The third-order valence-corrected chi connectivity index (χ3v) is 2.44. The number of carbonyl (C=O) groups is 2. The Hall–Kier alpha value is -1.33. The molecule has 0 N–H and O–H groups in total. The molecule has 1 fully saturated rings. The van der Waals surface area contributed by atoms with Crippen molar-refractivity contribution in [1.29, 1.82) is 0 Å². The first kappa shape index (κ1) is 13.7. The number of methoxy groups -OCH3 is 1. The Kier molecular flexibility index (Phi) is 3.95. The van der Waals surface area contributed by atoms with E-state index in [9.17, 15) is 14.0 Å². The molecule has 1 saturated heterocycles. The van der Waals surface area contributed by atoms with Crippen LogP contribution in [-0.4, -0.2) is 42.5 Å². The largest absolute Gasteiger partial charge is 0.469 e. The predicted molar refractivity (Wildman–Crippen MR) is 58.0 cm³/mol. The van der Waals surface area contributed by atoms with Gasteiger partial charge in [0.05, 0.1) is 7.11 Å². The lowest BCUT2D eigenvalue weighted by Gasteiger charge is -2.26. The molecule has 6 heteroatoms. The highest BCUT2D eigenvalue weighted by Crippen LogP contribution is 2.28. The van der Waals surface area contributed by atoms with E-state index >= 15 is 0 Å². The fourth-order valence-corrected chi connectivity index (χ4v) is 1.65. The highest BCUT2D eigenvalue weighted by atomic mass is 19.1. The van der Waals surface area contributed by atoms with Gasteiger partial charge in [0.25, 0.3) is 0 Å². The second kappa shape index (κ2) is 4.89. The summed E-state index contributed by atoms with van der Waals surface area (Å²) >= 11 is 0. The van der Waals surface area contributed by atoms with E-state index in [1.54, 1.807) is 20.8 Å². The van der Waals surface area contributed by atoms with Gasteiger partial charge in [0.2, 0.25) is 0 Å². The zero-order chi connectivity index (χ0) is 13.2. The molecule has 1 unspecified atom stereocenters. The van der Waals surface area contributed by atoms with Gasteiger partial charge in [-0.05, 0) is 27.2 Å². The van der Waals surface area contributed by atoms with Crippen LogP contribution >= 0.6 is 0 Å². The summed E-state index contributed by atoms with van der Waals surface area (Å²) in [5.74, 6) is -1.55. The fraction of sp³-hybridized carbons (Fsp3) is 0.818. The number of amides is 1. The van der Waals surface area contributed by atoms with Crippen LogP contribution in [-0.2, 0) is 14.3 Å². The highest BCUT2D eigenvalue weighted by Gasteiger charge is 2.43. The number of likely N-dealkylation sites (tertiary alicyclic amines) is 1. The van der Waals surface area contributed by atoms with Gasteiger partial charge in [0.1, 0.15) is 11.5 Å². The van der Waals surface area contributed by atoms with Crippen LogP contribution in [0.4, 0.5) is 9.18 Å². The minimum atomic E-state index is -1.67. The van der Waals surface area contributed by atoms with Gasteiger partial charge >= 0.3 is 12.1 Å². The highest BCUT2D eigenvalue weighted by molar-refractivity contribution is 5.76. The van der Waals surface area contributed by atoms with Crippen molar-refractivity contribution in [2.24, 2.45) is 5.92 Å². The Labute approximate surface area is 99.9 Å². The Morgan fingerprint density at radius 2 is 1.94 bits per heavy atom. The second-order valence-electron chi connectivity index (χ2n) is 4.96. The van der Waals surface area contributed by atoms with Gasteiger partial charge in [0.15, 0.2) is 6.30 Å². The number of rotatable bonds is 1. The molecule has 0 aromatic rings. The topological polar surface area (TPSA) is 55.8 Å². The maximum atomic E-state index is 13.8. The van der Waals surface area contributed by atoms with E-state index < -0.39 is 29.9 Å². The average Bonchev–Trinajstić information content (AvgIpc) is 2.56. The molecule has 0 radical (unpaired) electrons.